The van der Waals surface area contributed by atoms with Gasteiger partial charge in [-0.25, -0.2) is 0 Å². The fourth-order valence-electron chi connectivity index (χ4n) is 4.41. The highest BCUT2D eigenvalue weighted by atomic mass is 16.2. The molecule has 1 aliphatic carbocycles. The lowest BCUT2D eigenvalue weighted by Crippen LogP contribution is -2.54. The molecule has 0 radical (unpaired) electrons. The number of hydrogen-bond donors (Lipinski definition) is 2. The monoisotopic (exact) mass is 382 g/mol. The summed E-state index contributed by atoms with van der Waals surface area (Å²) in [4.78, 5) is 26.0. The van der Waals surface area contributed by atoms with E-state index < -0.39 is 11.4 Å². The second-order valence-electron chi connectivity index (χ2n) is 8.19. The number of nitriles is 1. The molecule has 0 bridgehead atoms. The molecule has 6 nitrogen and oxygen atoms in total. The van der Waals surface area contributed by atoms with Crippen LogP contribution in [-0.2, 0) is 4.79 Å². The molecular formula is C22H30N4O2. The Bertz CT molecular complexity index is 741. The van der Waals surface area contributed by atoms with Crippen LogP contribution < -0.4 is 16.0 Å². The van der Waals surface area contributed by atoms with Gasteiger partial charge in [0.2, 0.25) is 11.8 Å². The molecule has 1 saturated carbocycles. The van der Waals surface area contributed by atoms with Crippen molar-refractivity contribution >= 4 is 17.5 Å². The summed E-state index contributed by atoms with van der Waals surface area (Å²) in [6.07, 6.45) is 8.92. The molecule has 6 heteroatoms. The minimum Gasteiger partial charge on any atom is -0.371 e. The lowest BCUT2D eigenvalue weighted by molar-refractivity contribution is -0.123. The number of hydrogen-bond acceptors (Lipinski definition) is 4. The van der Waals surface area contributed by atoms with Crippen molar-refractivity contribution in [3.63, 3.8) is 0 Å². The van der Waals surface area contributed by atoms with Gasteiger partial charge in [0, 0.05) is 43.6 Å². The summed E-state index contributed by atoms with van der Waals surface area (Å²) in [5, 5.41) is 12.8. The topological polar surface area (TPSA) is 99.2 Å². The number of nitrogens with two attached hydrogens (primary N) is 1. The van der Waals surface area contributed by atoms with E-state index in [1.54, 1.807) is 12.1 Å². The fraction of sp³-hybridized carbons (Fsp3) is 0.591. The number of nitrogens with zero attached hydrogens (tertiary/aromatic N) is 2. The van der Waals surface area contributed by atoms with E-state index in [0.29, 0.717) is 43.8 Å². The zero-order valence-electron chi connectivity index (χ0n) is 16.5. The maximum Gasteiger partial charge on any atom is 0.248 e. The fourth-order valence-corrected chi connectivity index (χ4v) is 4.41. The first-order valence-corrected chi connectivity index (χ1v) is 10.4. The molecule has 2 amide bonds. The Kier molecular flexibility index (Phi) is 6.56. The van der Waals surface area contributed by atoms with Crippen molar-refractivity contribution in [1.82, 2.24) is 5.32 Å². The molecule has 1 heterocycles. The highest BCUT2D eigenvalue weighted by Crippen LogP contribution is 2.29. The van der Waals surface area contributed by atoms with Crippen molar-refractivity contribution in [2.45, 2.75) is 63.3 Å². The lowest BCUT2D eigenvalue weighted by Gasteiger charge is -2.39. The van der Waals surface area contributed by atoms with E-state index in [4.69, 9.17) is 5.73 Å². The predicted octanol–water partition coefficient (Wildman–Crippen LogP) is 3.12. The molecule has 0 unspecified atom stereocenters. The van der Waals surface area contributed by atoms with E-state index in [9.17, 15) is 14.9 Å². The quantitative estimate of drug-likeness (QED) is 0.789. The third-order valence-corrected chi connectivity index (χ3v) is 6.21. The van der Waals surface area contributed by atoms with Crippen LogP contribution in [0.25, 0.3) is 0 Å². The number of carbonyl (C=O) groups excluding carboxylic acids is 2. The van der Waals surface area contributed by atoms with Crippen LogP contribution in [0.4, 0.5) is 5.69 Å². The zero-order valence-corrected chi connectivity index (χ0v) is 16.5. The zero-order chi connectivity index (χ0) is 20.0. The van der Waals surface area contributed by atoms with Gasteiger partial charge in [-0.05, 0) is 30.5 Å². The predicted molar refractivity (Wildman–Crippen MR) is 109 cm³/mol. The van der Waals surface area contributed by atoms with Crippen LogP contribution >= 0.6 is 0 Å². The largest absolute Gasteiger partial charge is 0.371 e. The molecule has 1 saturated heterocycles. The second-order valence-corrected chi connectivity index (χ2v) is 8.19. The Hall–Kier alpha value is -2.55. The van der Waals surface area contributed by atoms with Gasteiger partial charge in [-0.2, -0.15) is 5.26 Å². The summed E-state index contributed by atoms with van der Waals surface area (Å²) in [6.45, 7) is 1.30. The normalized spacial score (nSPS) is 19.6. The van der Waals surface area contributed by atoms with Crippen molar-refractivity contribution < 1.29 is 9.59 Å². The van der Waals surface area contributed by atoms with Crippen LogP contribution in [0, 0.1) is 17.2 Å². The molecule has 28 heavy (non-hydrogen) atoms. The molecule has 2 aliphatic rings. The molecule has 1 aliphatic heterocycles. The van der Waals surface area contributed by atoms with E-state index in [2.05, 4.69) is 16.3 Å². The Balaban J connectivity index is 1.53. The summed E-state index contributed by atoms with van der Waals surface area (Å²) < 4.78 is 0. The third-order valence-electron chi connectivity index (χ3n) is 6.21. The summed E-state index contributed by atoms with van der Waals surface area (Å²) in [7, 11) is 0. The molecule has 1 aromatic rings. The van der Waals surface area contributed by atoms with Gasteiger partial charge in [-0.1, -0.05) is 38.2 Å². The van der Waals surface area contributed by atoms with Crippen molar-refractivity contribution in [3.05, 3.63) is 29.8 Å². The molecule has 150 valence electrons. The van der Waals surface area contributed by atoms with E-state index in [-0.39, 0.29) is 5.91 Å². The number of anilines is 1. The average Bonchev–Trinajstić information content (AvgIpc) is 2.73. The minimum absolute atomic E-state index is 0.00343. The minimum atomic E-state index is -0.790. The number of piperidine rings is 1. The van der Waals surface area contributed by atoms with Gasteiger partial charge < -0.3 is 16.0 Å². The number of primary amides is 1. The molecule has 2 fully saturated rings. The molecular weight excluding hydrogens is 352 g/mol. The summed E-state index contributed by atoms with van der Waals surface area (Å²) in [6, 6.07) is 9.59. The van der Waals surface area contributed by atoms with E-state index in [0.717, 1.165) is 12.1 Å². The maximum atomic E-state index is 12.5. The van der Waals surface area contributed by atoms with E-state index >= 15 is 0 Å². The molecule has 0 aromatic heterocycles. The van der Waals surface area contributed by atoms with Crippen molar-refractivity contribution in [2.75, 3.05) is 18.0 Å². The second kappa shape index (κ2) is 9.09. The Morgan fingerprint density at radius 3 is 2.57 bits per heavy atom. The Morgan fingerprint density at radius 2 is 1.93 bits per heavy atom. The van der Waals surface area contributed by atoms with Gasteiger partial charge in [0.1, 0.15) is 5.54 Å². The van der Waals surface area contributed by atoms with Crippen molar-refractivity contribution in [1.29, 1.82) is 5.26 Å². The molecule has 3 rings (SSSR count). The van der Waals surface area contributed by atoms with Crippen LogP contribution in [-0.4, -0.2) is 30.4 Å². The molecule has 3 N–H and O–H groups in total. The van der Waals surface area contributed by atoms with Gasteiger partial charge >= 0.3 is 0 Å². The number of amides is 2. The molecule has 1 aromatic carbocycles. The van der Waals surface area contributed by atoms with Crippen LogP contribution in [0.5, 0.6) is 0 Å². The van der Waals surface area contributed by atoms with Gasteiger partial charge in [-0.15, -0.1) is 0 Å². The standard InChI is InChI=1S/C22H30N4O2/c23-16-22(25-20(27)10-9-17-5-2-1-3-6-17)11-13-26(14-12-22)19-8-4-7-18(15-19)21(24)28/h4,7-8,15,17H,1-3,5-6,9-14H2,(H2,24,28)(H,25,27). The van der Waals surface area contributed by atoms with Gasteiger partial charge in [0.05, 0.1) is 6.07 Å². The average molecular weight is 383 g/mol. The number of nitrogens with one attached hydrogen (secondary N) is 1. The third kappa shape index (κ3) is 5.03. The van der Waals surface area contributed by atoms with Crippen molar-refractivity contribution in [3.8, 4) is 6.07 Å². The number of benzene rings is 1. The summed E-state index contributed by atoms with van der Waals surface area (Å²) in [5.74, 6) is 0.212. The van der Waals surface area contributed by atoms with Crippen molar-refractivity contribution in [2.24, 2.45) is 11.7 Å². The highest BCUT2D eigenvalue weighted by Gasteiger charge is 2.36. The first kappa shape index (κ1) is 20.2. The van der Waals surface area contributed by atoms with E-state index in [1.807, 2.05) is 12.1 Å². The first-order valence-electron chi connectivity index (χ1n) is 10.4. The van der Waals surface area contributed by atoms with Gasteiger partial charge in [0.15, 0.2) is 0 Å². The van der Waals surface area contributed by atoms with Crippen LogP contribution in [0.15, 0.2) is 24.3 Å². The number of carbonyl (C=O) groups is 2. The van der Waals surface area contributed by atoms with Gasteiger partial charge in [0.25, 0.3) is 0 Å². The number of rotatable bonds is 6. The van der Waals surface area contributed by atoms with E-state index in [1.165, 1.54) is 32.1 Å². The highest BCUT2D eigenvalue weighted by molar-refractivity contribution is 5.93. The summed E-state index contributed by atoms with van der Waals surface area (Å²) in [5.41, 5.74) is 5.98. The first-order chi connectivity index (χ1) is 13.5. The Labute approximate surface area is 167 Å². The van der Waals surface area contributed by atoms with Crippen LogP contribution in [0.1, 0.15) is 68.1 Å². The van der Waals surface area contributed by atoms with Gasteiger partial charge in [-0.3, -0.25) is 9.59 Å². The smallest absolute Gasteiger partial charge is 0.248 e. The maximum absolute atomic E-state index is 12.5. The van der Waals surface area contributed by atoms with Crippen LogP contribution in [0.3, 0.4) is 0 Å². The molecule has 0 spiro atoms. The SMILES string of the molecule is N#CC1(NC(=O)CCC2CCCCC2)CCN(c2cccc(C(N)=O)c2)CC1. The van der Waals surface area contributed by atoms with Crippen LogP contribution in [0.2, 0.25) is 0 Å². The summed E-state index contributed by atoms with van der Waals surface area (Å²) >= 11 is 0. The lowest BCUT2D eigenvalue weighted by atomic mass is 9.85. The molecule has 0 atom stereocenters. The Morgan fingerprint density at radius 1 is 1.21 bits per heavy atom.